The number of nitrogens with zero attached hydrogens (tertiary/aromatic N) is 3. The zero-order valence-electron chi connectivity index (χ0n) is 21.1. The Hall–Kier alpha value is -2.29. The van der Waals surface area contributed by atoms with Crippen molar-refractivity contribution in [3.05, 3.63) is 49.5 Å². The number of amides is 1. The van der Waals surface area contributed by atoms with Gasteiger partial charge in [-0.25, -0.2) is 4.98 Å². The molecule has 1 fully saturated rings. The molecule has 0 bridgehead atoms. The highest BCUT2D eigenvalue weighted by Crippen LogP contribution is 2.36. The Morgan fingerprint density at radius 2 is 1.65 bits per heavy atom. The quantitative estimate of drug-likeness (QED) is 0.428. The van der Waals surface area contributed by atoms with E-state index < -0.39 is 6.29 Å². The van der Waals surface area contributed by atoms with Crippen LogP contribution in [0.15, 0.2) is 10.5 Å². The van der Waals surface area contributed by atoms with Gasteiger partial charge in [0.25, 0.3) is 5.91 Å². The Morgan fingerprint density at radius 3 is 2.21 bits per heavy atom. The lowest BCUT2D eigenvalue weighted by Gasteiger charge is -2.30. The molecule has 7 nitrogen and oxygen atoms in total. The molecule has 1 amide bonds. The van der Waals surface area contributed by atoms with Crippen molar-refractivity contribution < 1.29 is 19.1 Å². The lowest BCUT2D eigenvalue weighted by atomic mass is 9.89. The Balaban J connectivity index is 1.36. The Bertz CT molecular complexity index is 1040. The van der Waals surface area contributed by atoms with Crippen molar-refractivity contribution in [2.24, 2.45) is 5.16 Å². The predicted molar refractivity (Wildman–Crippen MR) is 133 cm³/mol. The number of aromatic nitrogens is 1. The number of fused-ring (bicyclic) bond motifs is 1. The fourth-order valence-electron chi connectivity index (χ4n) is 4.68. The van der Waals surface area contributed by atoms with E-state index in [1.54, 1.807) is 11.3 Å². The van der Waals surface area contributed by atoms with Crippen LogP contribution >= 0.6 is 11.3 Å². The molecule has 0 atom stereocenters. The molecule has 3 heterocycles. The molecule has 0 spiro atoms. The fourth-order valence-corrected chi connectivity index (χ4v) is 5.67. The van der Waals surface area contributed by atoms with Crippen LogP contribution in [-0.2, 0) is 32.3 Å². The first kappa shape index (κ1) is 24.8. The number of carbonyl (C=O) groups is 1. The van der Waals surface area contributed by atoms with Crippen molar-refractivity contribution in [2.45, 2.75) is 79.8 Å². The van der Waals surface area contributed by atoms with E-state index in [1.807, 2.05) is 18.7 Å². The number of piperidine rings is 1. The van der Waals surface area contributed by atoms with Crippen molar-refractivity contribution in [3.63, 3.8) is 0 Å². The number of thiazole rings is 1. The number of hydrogen-bond donors (Lipinski definition) is 0. The van der Waals surface area contributed by atoms with Crippen molar-refractivity contribution >= 4 is 23.0 Å². The maximum atomic E-state index is 12.3. The molecule has 0 radical (unpaired) electrons. The maximum Gasteiger partial charge on any atom is 0.263 e. The monoisotopic (exact) mass is 485 g/mol. The predicted octanol–water partition coefficient (Wildman–Crippen LogP) is 5.24. The molecule has 2 aliphatic rings. The summed E-state index contributed by atoms with van der Waals surface area (Å²) in [5, 5.41) is 7.00. The summed E-state index contributed by atoms with van der Waals surface area (Å²) in [6.45, 7) is 14.9. The molecule has 1 saturated heterocycles. The van der Waals surface area contributed by atoms with Gasteiger partial charge in [-0.3, -0.25) is 4.79 Å². The van der Waals surface area contributed by atoms with E-state index >= 15 is 0 Å². The van der Waals surface area contributed by atoms with E-state index in [1.165, 1.54) is 33.4 Å². The fraction of sp³-hybridized carbons (Fsp3) is 0.577. The van der Waals surface area contributed by atoms with E-state index in [4.69, 9.17) is 19.3 Å². The summed E-state index contributed by atoms with van der Waals surface area (Å²) in [7, 11) is 0. The van der Waals surface area contributed by atoms with Crippen LogP contribution in [0, 0.1) is 27.7 Å². The molecule has 184 valence electrons. The van der Waals surface area contributed by atoms with Gasteiger partial charge < -0.3 is 19.2 Å². The molecule has 4 rings (SSSR count). The number of benzene rings is 1. The highest BCUT2D eigenvalue weighted by molar-refractivity contribution is 7.09. The van der Waals surface area contributed by atoms with Gasteiger partial charge in [0.15, 0.2) is 6.61 Å². The second-order valence-electron chi connectivity index (χ2n) is 9.49. The van der Waals surface area contributed by atoms with Crippen LogP contribution in [0.3, 0.4) is 0 Å². The second kappa shape index (κ2) is 10.5. The molecule has 0 saturated carbocycles. The van der Waals surface area contributed by atoms with Gasteiger partial charge in [-0.05, 0) is 87.8 Å². The van der Waals surface area contributed by atoms with Gasteiger partial charge >= 0.3 is 0 Å². The summed E-state index contributed by atoms with van der Waals surface area (Å²) in [4.78, 5) is 24.2. The van der Waals surface area contributed by atoms with Crippen LogP contribution in [0.25, 0.3) is 0 Å². The van der Waals surface area contributed by atoms with Crippen LogP contribution in [0.5, 0.6) is 0 Å². The van der Waals surface area contributed by atoms with E-state index in [-0.39, 0.29) is 12.5 Å². The van der Waals surface area contributed by atoms with E-state index in [9.17, 15) is 4.79 Å². The molecule has 1 aromatic heterocycles. The number of likely N-dealkylation sites (tertiary alicyclic amines) is 1. The highest BCUT2D eigenvalue weighted by Gasteiger charge is 2.29. The zero-order valence-corrected chi connectivity index (χ0v) is 21.9. The molecule has 8 heteroatoms. The van der Waals surface area contributed by atoms with Crippen LogP contribution in [0.1, 0.15) is 83.0 Å². The number of rotatable bonds is 5. The summed E-state index contributed by atoms with van der Waals surface area (Å²) in [5.74, 6) is 0.330. The van der Waals surface area contributed by atoms with Gasteiger partial charge in [-0.15, -0.1) is 11.3 Å². The normalized spacial score (nSPS) is 17.3. The first-order chi connectivity index (χ1) is 16.3. The molecular weight excluding hydrogens is 450 g/mol. The smallest absolute Gasteiger partial charge is 0.263 e. The van der Waals surface area contributed by atoms with Crippen LogP contribution in [0.4, 0.5) is 0 Å². The van der Waals surface area contributed by atoms with E-state index in [0.29, 0.717) is 32.2 Å². The zero-order chi connectivity index (χ0) is 24.4. The number of oxime groups is 1. The second-order valence-corrected chi connectivity index (χ2v) is 10.4. The maximum absolute atomic E-state index is 12.3. The van der Waals surface area contributed by atoms with Crippen LogP contribution in [-0.4, -0.2) is 41.2 Å². The molecule has 34 heavy (non-hydrogen) atoms. The minimum Gasteiger partial charge on any atom is -0.386 e. The molecule has 1 aromatic carbocycles. The summed E-state index contributed by atoms with van der Waals surface area (Å²) in [6.07, 6.45) is 1.32. The summed E-state index contributed by atoms with van der Waals surface area (Å²) < 4.78 is 12.4. The van der Waals surface area contributed by atoms with Gasteiger partial charge in [0.2, 0.25) is 6.29 Å². The Morgan fingerprint density at radius 1 is 1.06 bits per heavy atom. The van der Waals surface area contributed by atoms with Crippen molar-refractivity contribution in [1.82, 2.24) is 9.88 Å². The summed E-state index contributed by atoms with van der Waals surface area (Å²) in [5.41, 5.74) is 9.40. The van der Waals surface area contributed by atoms with Gasteiger partial charge in [0, 0.05) is 24.4 Å². The standard InChI is InChI=1S/C26H35N3O4S/c1-15(2)28-33-13-24(30)29-9-7-20(8-10-29)25-27-23(14-34-25)26-31-11-21-18(5)16(3)17(4)19(6)22(21)12-32-26/h14,20,26H,7-13H2,1-6H3. The van der Waals surface area contributed by atoms with Crippen LogP contribution in [0.2, 0.25) is 0 Å². The minimum absolute atomic E-state index is 0.00596. The van der Waals surface area contributed by atoms with E-state index in [2.05, 4.69) is 38.2 Å². The third kappa shape index (κ3) is 5.19. The number of hydrogen-bond acceptors (Lipinski definition) is 7. The Labute approximate surface area is 206 Å². The molecular formula is C26H35N3O4S. The average Bonchev–Trinajstić information content (AvgIpc) is 3.21. The first-order valence-electron chi connectivity index (χ1n) is 11.9. The molecule has 0 unspecified atom stereocenters. The van der Waals surface area contributed by atoms with Crippen molar-refractivity contribution in [3.8, 4) is 0 Å². The lowest BCUT2D eigenvalue weighted by Crippen LogP contribution is -2.39. The first-order valence-corrected chi connectivity index (χ1v) is 12.8. The van der Waals surface area contributed by atoms with Gasteiger partial charge in [0.1, 0.15) is 5.69 Å². The van der Waals surface area contributed by atoms with Gasteiger partial charge in [-0.1, -0.05) is 5.16 Å². The Kier molecular flexibility index (Phi) is 7.70. The molecule has 2 aromatic rings. The molecule has 2 aliphatic heterocycles. The highest BCUT2D eigenvalue weighted by atomic mass is 32.1. The van der Waals surface area contributed by atoms with E-state index in [0.717, 1.165) is 29.3 Å². The number of carbonyl (C=O) groups excluding carboxylic acids is 1. The topological polar surface area (TPSA) is 73.2 Å². The third-order valence-corrected chi connectivity index (χ3v) is 8.15. The largest absolute Gasteiger partial charge is 0.386 e. The van der Waals surface area contributed by atoms with Crippen molar-refractivity contribution in [2.75, 3.05) is 19.7 Å². The lowest BCUT2D eigenvalue weighted by molar-refractivity contribution is -0.155. The third-order valence-electron chi connectivity index (χ3n) is 7.13. The molecule has 0 aliphatic carbocycles. The average molecular weight is 486 g/mol. The van der Waals surface area contributed by atoms with Gasteiger partial charge in [-0.2, -0.15) is 0 Å². The van der Waals surface area contributed by atoms with Crippen molar-refractivity contribution in [1.29, 1.82) is 0 Å². The number of ether oxygens (including phenoxy) is 2. The summed E-state index contributed by atoms with van der Waals surface area (Å²) >= 11 is 1.66. The van der Waals surface area contributed by atoms with Gasteiger partial charge in [0.05, 0.1) is 23.9 Å². The minimum atomic E-state index is -0.460. The summed E-state index contributed by atoms with van der Waals surface area (Å²) in [6, 6.07) is 0. The molecule has 0 N–H and O–H groups in total. The SMILES string of the molecule is CC(C)=NOCC(=O)N1CCC(c2nc(C3OCc4c(C)c(C)c(C)c(C)c4CO3)cs2)CC1. The van der Waals surface area contributed by atoms with Crippen LogP contribution < -0.4 is 0 Å².